The summed E-state index contributed by atoms with van der Waals surface area (Å²) in [5, 5.41) is 10.6. The number of allylic oxidation sites excluding steroid dienone is 8. The van der Waals surface area contributed by atoms with Crippen LogP contribution >= 0.6 is 15.6 Å². The van der Waals surface area contributed by atoms with Crippen molar-refractivity contribution < 1.29 is 80.2 Å². The van der Waals surface area contributed by atoms with E-state index in [2.05, 4.69) is 76.3 Å². The summed E-state index contributed by atoms with van der Waals surface area (Å²) in [6, 6.07) is 0. The van der Waals surface area contributed by atoms with Gasteiger partial charge in [0.05, 0.1) is 26.4 Å². The Labute approximate surface area is 585 Å². The van der Waals surface area contributed by atoms with E-state index in [1.54, 1.807) is 0 Å². The van der Waals surface area contributed by atoms with Gasteiger partial charge >= 0.3 is 39.5 Å². The molecule has 19 heteroatoms. The van der Waals surface area contributed by atoms with Gasteiger partial charge in [-0.2, -0.15) is 0 Å². The lowest BCUT2D eigenvalue weighted by Crippen LogP contribution is -2.30. The van der Waals surface area contributed by atoms with Gasteiger partial charge < -0.3 is 33.8 Å². The number of carbonyl (C=O) groups is 4. The zero-order valence-electron chi connectivity index (χ0n) is 61.3. The maximum atomic E-state index is 13.1. The van der Waals surface area contributed by atoms with Crippen molar-refractivity contribution in [2.45, 2.75) is 380 Å². The number of aliphatic hydroxyl groups excluding tert-OH is 1. The molecular formula is C77H142O17P2. The molecule has 0 amide bonds. The third-order valence-corrected chi connectivity index (χ3v) is 18.7. The van der Waals surface area contributed by atoms with Gasteiger partial charge in [-0.1, -0.05) is 282 Å². The second-order valence-electron chi connectivity index (χ2n) is 26.3. The summed E-state index contributed by atoms with van der Waals surface area (Å²) in [7, 11) is -9.94. The molecule has 0 rings (SSSR count). The molecule has 3 N–H and O–H groups in total. The highest BCUT2D eigenvalue weighted by Gasteiger charge is 2.30. The molecule has 2 unspecified atom stereocenters. The molecule has 0 fully saturated rings. The second kappa shape index (κ2) is 70.5. The van der Waals surface area contributed by atoms with Crippen LogP contribution in [0.5, 0.6) is 0 Å². The van der Waals surface area contributed by atoms with Crippen LogP contribution in [0.4, 0.5) is 0 Å². The smallest absolute Gasteiger partial charge is 0.462 e. The van der Waals surface area contributed by atoms with Gasteiger partial charge in [-0.25, -0.2) is 9.13 Å². The van der Waals surface area contributed by atoms with E-state index in [9.17, 15) is 43.2 Å². The van der Waals surface area contributed by atoms with Crippen molar-refractivity contribution >= 4 is 39.5 Å². The average Bonchev–Trinajstić information content (AvgIpc) is 1.19. The third-order valence-electron chi connectivity index (χ3n) is 16.8. The van der Waals surface area contributed by atoms with Gasteiger partial charge in [0.25, 0.3) is 0 Å². The number of rotatable bonds is 74. The zero-order chi connectivity index (χ0) is 70.4. The summed E-state index contributed by atoms with van der Waals surface area (Å²) in [6.45, 7) is 4.86. The van der Waals surface area contributed by atoms with E-state index < -0.39 is 97.5 Å². The molecule has 96 heavy (non-hydrogen) atoms. The van der Waals surface area contributed by atoms with Crippen molar-refractivity contribution in [3.8, 4) is 0 Å². The first-order valence-corrected chi connectivity index (χ1v) is 41.9. The molecule has 0 aliphatic rings. The van der Waals surface area contributed by atoms with E-state index in [0.29, 0.717) is 25.7 Å². The Kier molecular flexibility index (Phi) is 68.3. The van der Waals surface area contributed by atoms with Crippen molar-refractivity contribution in [2.75, 3.05) is 39.6 Å². The van der Waals surface area contributed by atoms with Crippen LogP contribution < -0.4 is 0 Å². The molecule has 0 aromatic heterocycles. The van der Waals surface area contributed by atoms with E-state index in [1.807, 2.05) is 0 Å². The van der Waals surface area contributed by atoms with Crippen LogP contribution in [0.25, 0.3) is 0 Å². The highest BCUT2D eigenvalue weighted by atomic mass is 31.2. The molecule has 5 atom stereocenters. The van der Waals surface area contributed by atoms with Crippen molar-refractivity contribution in [2.24, 2.45) is 0 Å². The van der Waals surface area contributed by atoms with Crippen LogP contribution in [0.1, 0.15) is 362 Å². The Morgan fingerprint density at radius 2 is 0.510 bits per heavy atom. The van der Waals surface area contributed by atoms with Crippen molar-refractivity contribution in [1.82, 2.24) is 0 Å². The van der Waals surface area contributed by atoms with Crippen LogP contribution in [0.3, 0.4) is 0 Å². The minimum absolute atomic E-state index is 0.0804. The second-order valence-corrected chi connectivity index (χ2v) is 29.2. The van der Waals surface area contributed by atoms with Gasteiger partial charge in [-0.05, 0) is 103 Å². The predicted octanol–water partition coefficient (Wildman–Crippen LogP) is 22.1. The van der Waals surface area contributed by atoms with Gasteiger partial charge in [0.1, 0.15) is 19.3 Å². The SMILES string of the molecule is CCCCCC/C=C\C=C/CCCCCCCC(=O)O[C@H](COC(=O)CCCCCCC/C=C\CCCCCC)COP(=O)(O)OC[C@@H](O)COP(=O)(O)OC[C@@H](COC(=O)CCCCCCCCCCCCCCC)OC(=O)CCCCCCC/C=C\CCCCCCCC. The Morgan fingerprint density at radius 3 is 0.792 bits per heavy atom. The molecule has 0 aliphatic carbocycles. The average molecular weight is 1400 g/mol. The summed E-state index contributed by atoms with van der Waals surface area (Å²) in [6.07, 6.45) is 66.6. The first-order valence-electron chi connectivity index (χ1n) is 38.9. The van der Waals surface area contributed by atoms with E-state index >= 15 is 0 Å². The lowest BCUT2D eigenvalue weighted by atomic mass is 10.0. The third kappa shape index (κ3) is 69.5. The summed E-state index contributed by atoms with van der Waals surface area (Å²) >= 11 is 0. The largest absolute Gasteiger partial charge is 0.472 e. The van der Waals surface area contributed by atoms with Crippen LogP contribution in [-0.4, -0.2) is 96.7 Å². The monoisotopic (exact) mass is 1400 g/mol. The van der Waals surface area contributed by atoms with Crippen LogP contribution in [0, 0.1) is 0 Å². The molecule has 0 saturated carbocycles. The Bertz CT molecular complexity index is 2010. The van der Waals surface area contributed by atoms with Crippen LogP contribution in [-0.2, 0) is 65.4 Å². The van der Waals surface area contributed by atoms with Gasteiger partial charge in [-0.3, -0.25) is 37.3 Å². The maximum absolute atomic E-state index is 13.1. The normalized spacial score (nSPS) is 14.2. The molecular weight excluding hydrogens is 1260 g/mol. The van der Waals surface area contributed by atoms with Crippen LogP contribution in [0.2, 0.25) is 0 Å². The molecule has 0 heterocycles. The number of carbonyl (C=O) groups excluding carboxylic acids is 4. The fourth-order valence-electron chi connectivity index (χ4n) is 10.8. The number of aliphatic hydroxyl groups is 1. The summed E-state index contributed by atoms with van der Waals surface area (Å²) in [5.74, 6) is -2.18. The number of phosphoric ester groups is 2. The first-order chi connectivity index (χ1) is 46.7. The molecule has 0 radical (unpaired) electrons. The quantitative estimate of drug-likeness (QED) is 0.0128. The van der Waals surface area contributed by atoms with E-state index in [-0.39, 0.29) is 25.7 Å². The van der Waals surface area contributed by atoms with Crippen LogP contribution in [0.15, 0.2) is 48.6 Å². The number of esters is 4. The summed E-state index contributed by atoms with van der Waals surface area (Å²) in [5.41, 5.74) is 0. The Morgan fingerprint density at radius 1 is 0.292 bits per heavy atom. The fourth-order valence-corrected chi connectivity index (χ4v) is 12.4. The lowest BCUT2D eigenvalue weighted by molar-refractivity contribution is -0.161. The topological polar surface area (TPSA) is 237 Å². The van der Waals surface area contributed by atoms with Gasteiger partial charge in [0.2, 0.25) is 0 Å². The summed E-state index contributed by atoms with van der Waals surface area (Å²) < 4.78 is 68.5. The molecule has 0 bridgehead atoms. The maximum Gasteiger partial charge on any atom is 0.472 e. The first kappa shape index (κ1) is 93.0. The molecule has 0 aromatic carbocycles. The Balaban J connectivity index is 5.33. The molecule has 0 saturated heterocycles. The molecule has 0 spiro atoms. The van der Waals surface area contributed by atoms with E-state index in [0.717, 1.165) is 135 Å². The summed E-state index contributed by atoms with van der Waals surface area (Å²) in [4.78, 5) is 72.8. The molecule has 0 aliphatic heterocycles. The van der Waals surface area contributed by atoms with E-state index in [4.69, 9.17) is 37.0 Å². The fraction of sp³-hybridized carbons (Fsp3) is 0.844. The number of ether oxygens (including phenoxy) is 4. The van der Waals surface area contributed by atoms with Gasteiger partial charge in [-0.15, -0.1) is 0 Å². The number of phosphoric acid groups is 2. The number of hydrogen-bond donors (Lipinski definition) is 3. The zero-order valence-corrected chi connectivity index (χ0v) is 63.1. The highest BCUT2D eigenvalue weighted by Crippen LogP contribution is 2.45. The predicted molar refractivity (Wildman–Crippen MR) is 390 cm³/mol. The lowest BCUT2D eigenvalue weighted by Gasteiger charge is -2.21. The minimum Gasteiger partial charge on any atom is -0.462 e. The number of hydrogen-bond acceptors (Lipinski definition) is 15. The van der Waals surface area contributed by atoms with Gasteiger partial charge in [0, 0.05) is 25.7 Å². The van der Waals surface area contributed by atoms with E-state index in [1.165, 1.54) is 148 Å². The van der Waals surface area contributed by atoms with Gasteiger partial charge in [0.15, 0.2) is 12.2 Å². The standard InChI is InChI=1S/C77H142O17P2/c1-5-9-13-17-21-25-29-33-35-39-43-47-51-55-59-63-76(81)93-72(67-87-74(79)61-57-53-49-45-41-37-31-27-23-19-15-11-7-3)69-91-95(83,84)89-65-71(78)66-90-96(85,86)92-70-73(68-88-75(80)62-58-54-50-46-42-38-32-28-24-20-16-12-8-4)94-77(82)64-60-56-52-48-44-40-36-34-30-26-22-18-14-10-6-2/h25,27,29,31,33-36,71-73,78H,5-24,26,28,30,32,37-70H2,1-4H3,(H,83,84)(H,85,86)/b29-25-,31-27-,35-33-,36-34-/t71-,72-,73-/m1/s1. The van der Waals surface area contributed by atoms with Crippen molar-refractivity contribution in [1.29, 1.82) is 0 Å². The molecule has 17 nitrogen and oxygen atoms in total. The minimum atomic E-state index is -4.97. The number of unbranched alkanes of at least 4 members (excludes halogenated alkanes) is 41. The van der Waals surface area contributed by atoms with Crippen molar-refractivity contribution in [3.63, 3.8) is 0 Å². The van der Waals surface area contributed by atoms with Crippen molar-refractivity contribution in [3.05, 3.63) is 48.6 Å². The molecule has 562 valence electrons. The molecule has 0 aromatic rings. The highest BCUT2D eigenvalue weighted by molar-refractivity contribution is 7.47. The Hall–Kier alpha value is -2.98.